The van der Waals surface area contributed by atoms with Crippen LogP contribution in [0.15, 0.2) is 47.3 Å². The second-order valence-electron chi connectivity index (χ2n) is 8.95. The van der Waals surface area contributed by atoms with Gasteiger partial charge in [0.1, 0.15) is 5.75 Å². The molecule has 5 rings (SSSR count). The molecule has 1 amide bonds. The van der Waals surface area contributed by atoms with Crippen LogP contribution in [0.25, 0.3) is 21.7 Å². The molecule has 0 aliphatic heterocycles. The lowest BCUT2D eigenvalue weighted by Crippen LogP contribution is -2.33. The van der Waals surface area contributed by atoms with Gasteiger partial charge in [0.05, 0.1) is 36.7 Å². The Morgan fingerprint density at radius 1 is 1.21 bits per heavy atom. The normalized spacial score (nSPS) is 15.7. The second kappa shape index (κ2) is 8.39. The molecule has 0 saturated carbocycles. The lowest BCUT2D eigenvalue weighted by atomic mass is 9.91. The SMILES string of the molecule is COc1ccc2[nH]c3c(c2c1)CCCC3NC(=O)Cc1nn(C(C)C)c(=O)c2ccccc12. The first-order valence-corrected chi connectivity index (χ1v) is 11.4. The minimum atomic E-state index is -0.129. The zero-order chi connectivity index (χ0) is 23.1. The summed E-state index contributed by atoms with van der Waals surface area (Å²) in [6, 6.07) is 13.2. The Bertz CT molecular complexity index is 1420. The summed E-state index contributed by atoms with van der Waals surface area (Å²) in [5.74, 6) is 0.726. The van der Waals surface area contributed by atoms with E-state index in [0.29, 0.717) is 11.1 Å². The molecule has 7 nitrogen and oxygen atoms in total. The third-order valence-corrected chi connectivity index (χ3v) is 6.47. The van der Waals surface area contributed by atoms with Gasteiger partial charge in [-0.15, -0.1) is 0 Å². The zero-order valence-electron chi connectivity index (χ0n) is 19.1. The number of ether oxygens (including phenoxy) is 1. The molecule has 1 aliphatic rings. The Kier molecular flexibility index (Phi) is 5.40. The largest absolute Gasteiger partial charge is 0.497 e. The van der Waals surface area contributed by atoms with Crippen LogP contribution < -0.4 is 15.6 Å². The molecule has 0 radical (unpaired) electrons. The van der Waals surface area contributed by atoms with Crippen molar-refractivity contribution in [3.05, 3.63) is 69.8 Å². The van der Waals surface area contributed by atoms with Crippen molar-refractivity contribution in [2.45, 2.75) is 51.6 Å². The van der Waals surface area contributed by atoms with E-state index in [1.165, 1.54) is 10.2 Å². The van der Waals surface area contributed by atoms with Gasteiger partial charge in [0.25, 0.3) is 5.56 Å². The van der Waals surface area contributed by atoms with E-state index in [9.17, 15) is 9.59 Å². The number of aryl methyl sites for hydroxylation is 1. The number of nitrogens with zero attached hydrogens (tertiary/aromatic N) is 2. The van der Waals surface area contributed by atoms with Crippen molar-refractivity contribution in [3.8, 4) is 5.75 Å². The monoisotopic (exact) mass is 444 g/mol. The van der Waals surface area contributed by atoms with E-state index in [1.807, 2.05) is 44.2 Å². The summed E-state index contributed by atoms with van der Waals surface area (Å²) in [6.45, 7) is 3.84. The molecule has 170 valence electrons. The van der Waals surface area contributed by atoms with Gasteiger partial charge in [0, 0.05) is 22.0 Å². The number of hydrogen-bond acceptors (Lipinski definition) is 4. The minimum Gasteiger partial charge on any atom is -0.497 e. The first kappa shape index (κ1) is 21.2. The molecular weight excluding hydrogens is 416 g/mol. The molecule has 7 heteroatoms. The van der Waals surface area contributed by atoms with Crippen molar-refractivity contribution in [2.24, 2.45) is 0 Å². The highest BCUT2D eigenvalue weighted by molar-refractivity contribution is 5.89. The lowest BCUT2D eigenvalue weighted by molar-refractivity contribution is -0.121. The fourth-order valence-corrected chi connectivity index (χ4v) is 4.87. The van der Waals surface area contributed by atoms with E-state index < -0.39 is 0 Å². The van der Waals surface area contributed by atoms with Crippen LogP contribution in [0.4, 0.5) is 0 Å². The number of aromatic amines is 1. The van der Waals surface area contributed by atoms with Crippen molar-refractivity contribution >= 4 is 27.6 Å². The molecule has 0 spiro atoms. The maximum absolute atomic E-state index is 13.1. The first-order valence-electron chi connectivity index (χ1n) is 11.4. The Hall–Kier alpha value is -3.61. The summed E-state index contributed by atoms with van der Waals surface area (Å²) < 4.78 is 6.86. The number of amides is 1. The van der Waals surface area contributed by atoms with E-state index in [-0.39, 0.29) is 30.0 Å². The van der Waals surface area contributed by atoms with Crippen LogP contribution in [0.3, 0.4) is 0 Å². The number of hydrogen-bond donors (Lipinski definition) is 2. The standard InChI is InChI=1S/C26H28N4O3/c1-15(2)30-26(32)19-8-5-4-7-17(19)23(29-30)14-24(31)27-22-10-6-9-18-20-13-16(33-3)11-12-21(20)28-25(18)22/h4-5,7-8,11-13,15,22,28H,6,9-10,14H2,1-3H3,(H,27,31). The number of methoxy groups -OCH3 is 1. The molecule has 0 fully saturated rings. The van der Waals surface area contributed by atoms with Gasteiger partial charge >= 0.3 is 0 Å². The van der Waals surface area contributed by atoms with Crippen molar-refractivity contribution < 1.29 is 9.53 Å². The van der Waals surface area contributed by atoms with E-state index in [0.717, 1.165) is 47.0 Å². The van der Waals surface area contributed by atoms with Gasteiger partial charge in [-0.3, -0.25) is 9.59 Å². The highest BCUT2D eigenvalue weighted by Crippen LogP contribution is 2.36. The fraction of sp³-hybridized carbons (Fsp3) is 0.346. The van der Waals surface area contributed by atoms with Gasteiger partial charge < -0.3 is 15.0 Å². The topological polar surface area (TPSA) is 89.0 Å². The molecule has 2 heterocycles. The summed E-state index contributed by atoms with van der Waals surface area (Å²) in [5.41, 5.74) is 3.86. The lowest BCUT2D eigenvalue weighted by Gasteiger charge is -2.24. The molecule has 2 aromatic heterocycles. The smallest absolute Gasteiger partial charge is 0.274 e. The minimum absolute atomic E-state index is 0.0816. The van der Waals surface area contributed by atoms with Crippen molar-refractivity contribution in [1.29, 1.82) is 0 Å². The Balaban J connectivity index is 1.45. The molecule has 2 aromatic carbocycles. The predicted molar refractivity (Wildman–Crippen MR) is 129 cm³/mol. The third kappa shape index (κ3) is 3.77. The van der Waals surface area contributed by atoms with Gasteiger partial charge in [0.15, 0.2) is 0 Å². The second-order valence-corrected chi connectivity index (χ2v) is 8.95. The molecule has 1 aliphatic carbocycles. The van der Waals surface area contributed by atoms with E-state index >= 15 is 0 Å². The number of rotatable bonds is 5. The number of benzene rings is 2. The van der Waals surface area contributed by atoms with Gasteiger partial charge in [-0.25, -0.2) is 4.68 Å². The van der Waals surface area contributed by atoms with Gasteiger partial charge in [-0.1, -0.05) is 18.2 Å². The average Bonchev–Trinajstić information content (AvgIpc) is 3.19. The quantitative estimate of drug-likeness (QED) is 0.483. The summed E-state index contributed by atoms with van der Waals surface area (Å²) >= 11 is 0. The van der Waals surface area contributed by atoms with Crippen LogP contribution in [-0.2, 0) is 17.6 Å². The maximum atomic E-state index is 13.1. The number of fused-ring (bicyclic) bond motifs is 4. The van der Waals surface area contributed by atoms with Crippen molar-refractivity contribution in [1.82, 2.24) is 20.1 Å². The van der Waals surface area contributed by atoms with E-state index in [4.69, 9.17) is 4.74 Å². The van der Waals surface area contributed by atoms with E-state index in [2.05, 4.69) is 21.5 Å². The number of carbonyl (C=O) groups is 1. The summed E-state index contributed by atoms with van der Waals surface area (Å²) in [5, 5.41) is 10.2. The molecular formula is C26H28N4O3. The van der Waals surface area contributed by atoms with Crippen LogP contribution in [0.1, 0.15) is 55.7 Å². The molecule has 1 atom stereocenters. The molecule has 2 N–H and O–H groups in total. The van der Waals surface area contributed by atoms with Crippen molar-refractivity contribution in [3.63, 3.8) is 0 Å². The Labute approximate surface area is 191 Å². The summed E-state index contributed by atoms with van der Waals surface area (Å²) in [7, 11) is 1.67. The molecule has 0 bridgehead atoms. The summed E-state index contributed by atoms with van der Waals surface area (Å²) in [6.07, 6.45) is 2.97. The molecule has 4 aromatic rings. The average molecular weight is 445 g/mol. The number of H-pyrrole nitrogens is 1. The third-order valence-electron chi connectivity index (χ3n) is 6.47. The molecule has 33 heavy (non-hydrogen) atoms. The first-order chi connectivity index (χ1) is 16.0. The predicted octanol–water partition coefficient (Wildman–Crippen LogP) is 4.20. The van der Waals surface area contributed by atoms with Crippen molar-refractivity contribution in [2.75, 3.05) is 7.11 Å². The van der Waals surface area contributed by atoms with Crippen LogP contribution in [0, 0.1) is 0 Å². The molecule has 1 unspecified atom stereocenters. The number of aromatic nitrogens is 3. The number of carbonyl (C=O) groups excluding carboxylic acids is 1. The Morgan fingerprint density at radius 3 is 2.76 bits per heavy atom. The number of nitrogens with one attached hydrogen (secondary N) is 2. The fourth-order valence-electron chi connectivity index (χ4n) is 4.87. The van der Waals surface area contributed by atoms with E-state index in [1.54, 1.807) is 13.2 Å². The van der Waals surface area contributed by atoms with Crippen LogP contribution in [0.2, 0.25) is 0 Å². The van der Waals surface area contributed by atoms with Crippen LogP contribution >= 0.6 is 0 Å². The molecule has 0 saturated heterocycles. The maximum Gasteiger partial charge on any atom is 0.274 e. The zero-order valence-corrected chi connectivity index (χ0v) is 19.1. The summed E-state index contributed by atoms with van der Waals surface area (Å²) in [4.78, 5) is 29.4. The van der Waals surface area contributed by atoms with Gasteiger partial charge in [0.2, 0.25) is 5.91 Å². The van der Waals surface area contributed by atoms with Crippen LogP contribution in [-0.4, -0.2) is 27.8 Å². The van der Waals surface area contributed by atoms with Gasteiger partial charge in [-0.2, -0.15) is 5.10 Å². The van der Waals surface area contributed by atoms with Crippen LogP contribution in [0.5, 0.6) is 5.75 Å². The Morgan fingerprint density at radius 2 is 2.00 bits per heavy atom. The highest BCUT2D eigenvalue weighted by atomic mass is 16.5. The van der Waals surface area contributed by atoms with Gasteiger partial charge in [-0.05, 0) is 62.9 Å². The highest BCUT2D eigenvalue weighted by Gasteiger charge is 2.26.